The summed E-state index contributed by atoms with van der Waals surface area (Å²) in [5.74, 6) is 0.319. The van der Waals surface area contributed by atoms with E-state index in [-0.39, 0.29) is 17.1 Å². The lowest BCUT2D eigenvalue weighted by atomic mass is 9.90. The molecule has 1 aromatic carbocycles. The molecule has 0 aliphatic carbocycles. The number of aromatic nitrogens is 2. The van der Waals surface area contributed by atoms with Crippen LogP contribution in [0.1, 0.15) is 53.0 Å². The van der Waals surface area contributed by atoms with Gasteiger partial charge in [0.2, 0.25) is 11.0 Å². The Hall–Kier alpha value is -2.11. The van der Waals surface area contributed by atoms with Crippen molar-refractivity contribution >= 4 is 39.8 Å². The van der Waals surface area contributed by atoms with E-state index < -0.39 is 5.54 Å². The molecule has 0 radical (unpaired) electrons. The van der Waals surface area contributed by atoms with Crippen LogP contribution in [0.4, 0.5) is 10.8 Å². The third-order valence-corrected chi connectivity index (χ3v) is 6.67. The normalized spacial score (nSPS) is 14.4. The number of nitrogens with one attached hydrogen (secondary N) is 2. The summed E-state index contributed by atoms with van der Waals surface area (Å²) in [4.78, 5) is 12.5. The maximum atomic E-state index is 12.5. The standard InChI is InChI=1S/C20H27N5OS2/c1-12(2)15-7-9-16(10-8-15)22-18-24-25-19(28-18)27-14(5)17(26)23-20(6,11-21)13(3)4/h7-10,12-14H,1-6H3,(H,22,24)(H,23,26)/t14-,20-/m0/s1. The van der Waals surface area contributed by atoms with E-state index in [1.54, 1.807) is 13.8 Å². The Morgan fingerprint density at radius 2 is 1.82 bits per heavy atom. The summed E-state index contributed by atoms with van der Waals surface area (Å²) in [7, 11) is 0. The maximum Gasteiger partial charge on any atom is 0.234 e. The average Bonchev–Trinajstić information content (AvgIpc) is 3.08. The van der Waals surface area contributed by atoms with Gasteiger partial charge in [0.15, 0.2) is 4.34 Å². The minimum atomic E-state index is -0.887. The number of amides is 1. The Morgan fingerprint density at radius 1 is 1.18 bits per heavy atom. The average molecular weight is 418 g/mol. The molecule has 2 N–H and O–H groups in total. The highest BCUT2D eigenvalue weighted by Crippen LogP contribution is 2.31. The molecule has 8 heteroatoms. The van der Waals surface area contributed by atoms with Crippen molar-refractivity contribution in [3.63, 3.8) is 0 Å². The molecule has 0 spiro atoms. The molecular weight excluding hydrogens is 390 g/mol. The zero-order valence-corrected chi connectivity index (χ0v) is 18.7. The highest BCUT2D eigenvalue weighted by Gasteiger charge is 2.32. The number of benzene rings is 1. The maximum absolute atomic E-state index is 12.5. The molecule has 0 unspecified atom stereocenters. The topological polar surface area (TPSA) is 90.7 Å². The second-order valence-corrected chi connectivity index (χ2v) is 10.1. The Bertz CT molecular complexity index is 841. The minimum absolute atomic E-state index is 0.0121. The summed E-state index contributed by atoms with van der Waals surface area (Å²) in [5, 5.41) is 24.1. The van der Waals surface area contributed by atoms with E-state index >= 15 is 0 Å². The van der Waals surface area contributed by atoms with Crippen LogP contribution in [-0.2, 0) is 4.79 Å². The molecule has 1 aromatic heterocycles. The minimum Gasteiger partial charge on any atom is -0.337 e. The van der Waals surface area contributed by atoms with Crippen LogP contribution in [0.2, 0.25) is 0 Å². The van der Waals surface area contributed by atoms with Gasteiger partial charge in [-0.2, -0.15) is 5.26 Å². The first-order valence-electron chi connectivity index (χ1n) is 9.25. The van der Waals surface area contributed by atoms with Gasteiger partial charge in [-0.05, 0) is 43.4 Å². The predicted molar refractivity (Wildman–Crippen MR) is 116 cm³/mol. The smallest absolute Gasteiger partial charge is 0.234 e. The Balaban J connectivity index is 1.96. The van der Waals surface area contributed by atoms with Gasteiger partial charge in [-0.15, -0.1) is 10.2 Å². The first kappa shape index (κ1) is 22.2. The molecule has 0 bridgehead atoms. The largest absolute Gasteiger partial charge is 0.337 e. The molecule has 2 rings (SSSR count). The fraction of sp³-hybridized carbons (Fsp3) is 0.500. The Kier molecular flexibility index (Phi) is 7.44. The molecule has 0 aliphatic rings. The molecule has 2 aromatic rings. The zero-order valence-electron chi connectivity index (χ0n) is 17.1. The van der Waals surface area contributed by atoms with E-state index in [0.29, 0.717) is 15.4 Å². The van der Waals surface area contributed by atoms with Crippen molar-refractivity contribution in [2.45, 2.75) is 62.6 Å². The number of nitrogens with zero attached hydrogens (tertiary/aromatic N) is 3. The summed E-state index contributed by atoms with van der Waals surface area (Å²) in [6, 6.07) is 10.4. The van der Waals surface area contributed by atoms with Crippen molar-refractivity contribution in [1.29, 1.82) is 5.26 Å². The fourth-order valence-electron chi connectivity index (χ4n) is 2.25. The van der Waals surface area contributed by atoms with Crippen LogP contribution in [0.25, 0.3) is 0 Å². The van der Waals surface area contributed by atoms with E-state index in [9.17, 15) is 10.1 Å². The lowest BCUT2D eigenvalue weighted by Gasteiger charge is -2.28. The number of hydrogen-bond acceptors (Lipinski definition) is 7. The van der Waals surface area contributed by atoms with Gasteiger partial charge in [-0.25, -0.2) is 0 Å². The number of nitriles is 1. The summed E-state index contributed by atoms with van der Waals surface area (Å²) in [6.45, 7) is 11.7. The van der Waals surface area contributed by atoms with Gasteiger partial charge >= 0.3 is 0 Å². The third kappa shape index (κ3) is 5.69. The number of rotatable bonds is 8. The lowest BCUT2D eigenvalue weighted by molar-refractivity contribution is -0.121. The summed E-state index contributed by atoms with van der Waals surface area (Å²) < 4.78 is 0.701. The second-order valence-electron chi connectivity index (χ2n) is 7.49. The Morgan fingerprint density at radius 3 is 2.36 bits per heavy atom. The van der Waals surface area contributed by atoms with E-state index in [2.05, 4.69) is 52.9 Å². The lowest BCUT2D eigenvalue weighted by Crippen LogP contribution is -2.51. The highest BCUT2D eigenvalue weighted by molar-refractivity contribution is 8.02. The monoisotopic (exact) mass is 417 g/mol. The number of carbonyl (C=O) groups is 1. The SMILES string of the molecule is CC(C)c1ccc(Nc2nnc(S[C@@H](C)C(=O)N[C@@](C)(C#N)C(C)C)s2)cc1. The van der Waals surface area contributed by atoms with Gasteiger partial charge < -0.3 is 10.6 Å². The molecule has 6 nitrogen and oxygen atoms in total. The van der Waals surface area contributed by atoms with E-state index in [4.69, 9.17) is 0 Å². The summed E-state index contributed by atoms with van der Waals surface area (Å²) in [6.07, 6.45) is 0. The number of hydrogen-bond donors (Lipinski definition) is 2. The molecule has 150 valence electrons. The predicted octanol–water partition coefficient (Wildman–Crippen LogP) is 4.94. The molecule has 1 heterocycles. The van der Waals surface area contributed by atoms with Crippen molar-refractivity contribution in [2.24, 2.45) is 5.92 Å². The van der Waals surface area contributed by atoms with Gasteiger partial charge in [-0.3, -0.25) is 4.79 Å². The number of thioether (sulfide) groups is 1. The molecular formula is C20H27N5OS2. The van der Waals surface area contributed by atoms with Crippen molar-refractivity contribution in [3.8, 4) is 6.07 Å². The van der Waals surface area contributed by atoms with E-state index in [0.717, 1.165) is 5.69 Å². The van der Waals surface area contributed by atoms with Crippen LogP contribution in [0, 0.1) is 17.2 Å². The first-order chi connectivity index (χ1) is 13.1. The third-order valence-electron chi connectivity index (χ3n) is 4.65. The summed E-state index contributed by atoms with van der Waals surface area (Å²) in [5.41, 5.74) is 1.34. The number of anilines is 2. The van der Waals surface area contributed by atoms with Crippen LogP contribution in [0.5, 0.6) is 0 Å². The van der Waals surface area contributed by atoms with Gasteiger partial charge in [0.1, 0.15) is 5.54 Å². The zero-order chi connectivity index (χ0) is 20.9. The van der Waals surface area contributed by atoms with E-state index in [1.807, 2.05) is 26.0 Å². The molecule has 0 fully saturated rings. The van der Waals surface area contributed by atoms with Crippen LogP contribution >= 0.6 is 23.1 Å². The quantitative estimate of drug-likeness (QED) is 0.591. The van der Waals surface area contributed by atoms with Crippen molar-refractivity contribution in [2.75, 3.05) is 5.32 Å². The fourth-order valence-corrected chi connectivity index (χ4v) is 4.16. The van der Waals surface area contributed by atoms with Gasteiger partial charge in [-0.1, -0.05) is 62.9 Å². The van der Waals surface area contributed by atoms with Gasteiger partial charge in [0, 0.05) is 5.69 Å². The summed E-state index contributed by atoms with van der Waals surface area (Å²) >= 11 is 2.73. The van der Waals surface area contributed by atoms with Crippen LogP contribution in [0.15, 0.2) is 28.6 Å². The van der Waals surface area contributed by atoms with Crippen molar-refractivity contribution in [3.05, 3.63) is 29.8 Å². The highest BCUT2D eigenvalue weighted by atomic mass is 32.2. The molecule has 1 amide bonds. The van der Waals surface area contributed by atoms with Crippen LogP contribution in [0.3, 0.4) is 0 Å². The van der Waals surface area contributed by atoms with E-state index in [1.165, 1.54) is 28.7 Å². The van der Waals surface area contributed by atoms with Crippen LogP contribution < -0.4 is 10.6 Å². The first-order valence-corrected chi connectivity index (χ1v) is 10.9. The number of carbonyl (C=O) groups excluding carboxylic acids is 1. The molecule has 0 saturated heterocycles. The van der Waals surface area contributed by atoms with Crippen molar-refractivity contribution in [1.82, 2.24) is 15.5 Å². The molecule has 0 saturated carbocycles. The van der Waals surface area contributed by atoms with Gasteiger partial charge in [0.05, 0.1) is 11.3 Å². The Labute approximate surface area is 175 Å². The second kappa shape index (κ2) is 9.39. The van der Waals surface area contributed by atoms with Crippen molar-refractivity contribution < 1.29 is 4.79 Å². The van der Waals surface area contributed by atoms with Gasteiger partial charge in [0.25, 0.3) is 0 Å². The molecule has 0 aliphatic heterocycles. The van der Waals surface area contributed by atoms with Crippen LogP contribution in [-0.4, -0.2) is 26.9 Å². The molecule has 2 atom stereocenters. The molecule has 28 heavy (non-hydrogen) atoms.